The summed E-state index contributed by atoms with van der Waals surface area (Å²) in [5.41, 5.74) is 0.652. The van der Waals surface area contributed by atoms with Crippen LogP contribution in [0.3, 0.4) is 0 Å². The zero-order valence-electron chi connectivity index (χ0n) is 14.3. The van der Waals surface area contributed by atoms with Crippen LogP contribution in [0.15, 0.2) is 18.2 Å². The zero-order chi connectivity index (χ0) is 18.4. The van der Waals surface area contributed by atoms with Crippen LogP contribution in [-0.4, -0.2) is 44.5 Å². The largest absolute Gasteiger partial charge is 0.586 e. The molecule has 1 aliphatic carbocycles. The summed E-state index contributed by atoms with van der Waals surface area (Å²) in [6.45, 7) is 2.45. The third-order valence-corrected chi connectivity index (χ3v) is 6.96. The number of nitrogens with one attached hydrogen (secondary N) is 1. The molecule has 9 heteroatoms. The van der Waals surface area contributed by atoms with Gasteiger partial charge in [-0.25, -0.2) is 13.1 Å². The van der Waals surface area contributed by atoms with Crippen molar-refractivity contribution >= 4 is 10.0 Å². The van der Waals surface area contributed by atoms with E-state index >= 15 is 0 Å². The topological polar surface area (TPSA) is 67.9 Å². The highest BCUT2D eigenvalue weighted by Gasteiger charge is 2.44. The van der Waals surface area contributed by atoms with Crippen molar-refractivity contribution in [1.82, 2.24) is 9.62 Å². The smallest absolute Gasteiger partial charge is 0.395 e. The summed E-state index contributed by atoms with van der Waals surface area (Å²) in [5.74, 6) is 0.361. The summed E-state index contributed by atoms with van der Waals surface area (Å²) in [4.78, 5) is 2.15. The molecule has 3 aliphatic rings. The van der Waals surface area contributed by atoms with E-state index in [0.29, 0.717) is 25.2 Å². The summed E-state index contributed by atoms with van der Waals surface area (Å²) < 4.78 is 62.4. The lowest BCUT2D eigenvalue weighted by atomic mass is 9.98. The van der Waals surface area contributed by atoms with Crippen molar-refractivity contribution in [2.45, 2.75) is 43.8 Å². The van der Waals surface area contributed by atoms with Crippen LogP contribution in [0.25, 0.3) is 0 Å². The first-order valence-electron chi connectivity index (χ1n) is 8.91. The van der Waals surface area contributed by atoms with Gasteiger partial charge in [-0.1, -0.05) is 12.1 Å². The molecule has 1 aromatic carbocycles. The van der Waals surface area contributed by atoms with Gasteiger partial charge in [0.15, 0.2) is 11.5 Å². The molecule has 144 valence electrons. The Labute approximate surface area is 151 Å². The van der Waals surface area contributed by atoms with Crippen LogP contribution in [0, 0.1) is 5.92 Å². The number of nitrogens with zero attached hydrogens (tertiary/aromatic N) is 1. The molecule has 1 atom stereocenters. The van der Waals surface area contributed by atoms with Crippen LogP contribution in [-0.2, 0) is 16.6 Å². The van der Waals surface area contributed by atoms with Gasteiger partial charge in [-0.2, -0.15) is 0 Å². The number of piperidine rings is 1. The minimum absolute atomic E-state index is 0.0539. The van der Waals surface area contributed by atoms with Gasteiger partial charge in [0.2, 0.25) is 10.0 Å². The molecule has 1 aromatic rings. The average Bonchev–Trinajstić information content (AvgIpc) is 3.38. The molecule has 1 saturated carbocycles. The molecule has 4 rings (SSSR count). The molecule has 0 radical (unpaired) electrons. The number of alkyl halides is 2. The minimum atomic E-state index is -3.62. The Morgan fingerprint density at radius 3 is 2.81 bits per heavy atom. The van der Waals surface area contributed by atoms with Gasteiger partial charge in [0, 0.05) is 25.2 Å². The molecule has 1 saturated heterocycles. The van der Waals surface area contributed by atoms with Gasteiger partial charge in [0.05, 0.1) is 5.25 Å². The van der Waals surface area contributed by atoms with Crippen molar-refractivity contribution < 1.29 is 26.7 Å². The van der Waals surface area contributed by atoms with Gasteiger partial charge in [-0.15, -0.1) is 8.78 Å². The predicted molar refractivity (Wildman–Crippen MR) is 90.6 cm³/mol. The van der Waals surface area contributed by atoms with Gasteiger partial charge in [0.1, 0.15) is 0 Å². The first-order valence-corrected chi connectivity index (χ1v) is 10.5. The summed E-state index contributed by atoms with van der Waals surface area (Å²) in [6, 6.07) is 4.89. The van der Waals surface area contributed by atoms with E-state index in [0.717, 1.165) is 32.2 Å². The molecular formula is C17H22F2N2O4S. The zero-order valence-corrected chi connectivity index (χ0v) is 15.1. The highest BCUT2D eigenvalue weighted by atomic mass is 32.2. The number of para-hydroxylation sites is 1. The van der Waals surface area contributed by atoms with E-state index in [4.69, 9.17) is 0 Å². The van der Waals surface area contributed by atoms with Crippen LogP contribution >= 0.6 is 0 Å². The average molecular weight is 388 g/mol. The second-order valence-corrected chi connectivity index (χ2v) is 9.29. The number of hydrogen-bond donors (Lipinski definition) is 1. The second-order valence-electron chi connectivity index (χ2n) is 7.25. The molecule has 6 nitrogen and oxygen atoms in total. The number of ether oxygens (including phenoxy) is 2. The van der Waals surface area contributed by atoms with Gasteiger partial charge in [0.25, 0.3) is 0 Å². The van der Waals surface area contributed by atoms with E-state index in [1.54, 1.807) is 12.1 Å². The molecule has 2 aliphatic heterocycles. The summed E-state index contributed by atoms with van der Waals surface area (Å²) >= 11 is 0. The Morgan fingerprint density at radius 1 is 1.23 bits per heavy atom. The van der Waals surface area contributed by atoms with Crippen LogP contribution in [0.1, 0.15) is 31.2 Å². The quantitative estimate of drug-likeness (QED) is 0.810. The molecule has 0 spiro atoms. The summed E-state index contributed by atoms with van der Waals surface area (Å²) in [6.07, 6.45) is -0.230. The van der Waals surface area contributed by atoms with Crippen molar-refractivity contribution in [3.63, 3.8) is 0 Å². The molecule has 0 amide bonds. The van der Waals surface area contributed by atoms with Gasteiger partial charge < -0.3 is 9.47 Å². The van der Waals surface area contributed by atoms with Gasteiger partial charge >= 0.3 is 6.29 Å². The van der Waals surface area contributed by atoms with Crippen molar-refractivity contribution in [2.24, 2.45) is 5.92 Å². The first kappa shape index (κ1) is 17.9. The van der Waals surface area contributed by atoms with E-state index < -0.39 is 16.3 Å². The normalized spacial score (nSPS) is 25.4. The predicted octanol–water partition coefficient (Wildman–Crippen LogP) is 2.30. The SMILES string of the molecule is O=S(=O)(NCC1CCCN(Cc2cccc3c2OC(F)(F)O3)C1)C1CC1. The van der Waals surface area contributed by atoms with Crippen molar-refractivity contribution in [3.8, 4) is 11.5 Å². The molecule has 0 aromatic heterocycles. The maximum absolute atomic E-state index is 13.3. The third-order valence-electron chi connectivity index (χ3n) is 5.04. The van der Waals surface area contributed by atoms with E-state index in [9.17, 15) is 17.2 Å². The number of benzene rings is 1. The number of rotatable bonds is 6. The number of likely N-dealkylation sites (tertiary alicyclic amines) is 1. The van der Waals surface area contributed by atoms with Crippen LogP contribution < -0.4 is 14.2 Å². The lowest BCUT2D eigenvalue weighted by Crippen LogP contribution is -2.41. The second kappa shape index (κ2) is 6.61. The summed E-state index contributed by atoms with van der Waals surface area (Å²) in [5, 5.41) is -0.215. The Bertz CT molecular complexity index is 783. The molecule has 26 heavy (non-hydrogen) atoms. The summed E-state index contributed by atoms with van der Waals surface area (Å²) in [7, 11) is -3.17. The van der Waals surface area contributed by atoms with Crippen molar-refractivity contribution in [1.29, 1.82) is 0 Å². The Kier molecular flexibility index (Phi) is 4.56. The lowest BCUT2D eigenvalue weighted by Gasteiger charge is -2.33. The third kappa shape index (κ3) is 3.94. The molecular weight excluding hydrogens is 366 g/mol. The monoisotopic (exact) mass is 388 g/mol. The van der Waals surface area contributed by atoms with E-state index in [-0.39, 0.29) is 22.7 Å². The molecule has 2 heterocycles. The Morgan fingerprint density at radius 2 is 2.04 bits per heavy atom. The molecule has 1 N–H and O–H groups in total. The number of fused-ring (bicyclic) bond motifs is 1. The number of hydrogen-bond acceptors (Lipinski definition) is 5. The van der Waals surface area contributed by atoms with Crippen molar-refractivity contribution in [3.05, 3.63) is 23.8 Å². The Hall–Kier alpha value is -1.45. The highest BCUT2D eigenvalue weighted by Crippen LogP contribution is 2.43. The van der Waals surface area contributed by atoms with Crippen LogP contribution in [0.2, 0.25) is 0 Å². The molecule has 0 bridgehead atoms. The van der Waals surface area contributed by atoms with E-state index in [1.807, 2.05) is 0 Å². The van der Waals surface area contributed by atoms with Crippen LogP contribution in [0.4, 0.5) is 8.78 Å². The van der Waals surface area contributed by atoms with Gasteiger partial charge in [-0.3, -0.25) is 4.90 Å². The number of halogens is 2. The maximum atomic E-state index is 13.3. The van der Waals surface area contributed by atoms with Gasteiger partial charge in [-0.05, 0) is 44.2 Å². The van der Waals surface area contributed by atoms with Crippen molar-refractivity contribution in [2.75, 3.05) is 19.6 Å². The Balaban J connectivity index is 1.37. The molecule has 1 unspecified atom stereocenters. The van der Waals surface area contributed by atoms with Crippen LogP contribution in [0.5, 0.6) is 11.5 Å². The lowest BCUT2D eigenvalue weighted by molar-refractivity contribution is -0.287. The standard InChI is InChI=1S/C17H22F2N2O4S/c18-17(19)24-15-5-1-4-13(16(15)25-17)11-21-8-2-3-12(10-21)9-20-26(22,23)14-6-7-14/h1,4-5,12,14,20H,2-3,6-11H2. The maximum Gasteiger partial charge on any atom is 0.586 e. The fourth-order valence-corrected chi connectivity index (χ4v) is 5.04. The fourth-order valence-electron chi connectivity index (χ4n) is 3.58. The van der Waals surface area contributed by atoms with E-state index in [2.05, 4.69) is 19.1 Å². The van der Waals surface area contributed by atoms with E-state index in [1.165, 1.54) is 6.07 Å². The fraction of sp³-hybridized carbons (Fsp3) is 0.647. The first-order chi connectivity index (χ1) is 12.3. The minimum Gasteiger partial charge on any atom is -0.395 e. The number of sulfonamides is 1. The molecule has 2 fully saturated rings. The highest BCUT2D eigenvalue weighted by molar-refractivity contribution is 7.90.